The molecule has 2 aromatic carbocycles. The van der Waals surface area contributed by atoms with E-state index in [0.717, 1.165) is 23.8 Å². The number of phenolic OH excluding ortho intramolecular Hbond substituents is 1. The Morgan fingerprint density at radius 1 is 1.21 bits per heavy atom. The number of phenols is 1. The molecule has 10 heteroatoms. The van der Waals surface area contributed by atoms with Gasteiger partial charge in [-0.2, -0.15) is 5.26 Å². The fraction of sp³-hybridized carbons (Fsp3) is 0.261. The molecule has 0 radical (unpaired) electrons. The first kappa shape index (κ1) is 24.9. The van der Waals surface area contributed by atoms with E-state index in [1.807, 2.05) is 30.3 Å². The summed E-state index contributed by atoms with van der Waals surface area (Å²) in [5.41, 5.74) is -0.0834. The van der Waals surface area contributed by atoms with Gasteiger partial charge in [0.1, 0.15) is 11.6 Å². The van der Waals surface area contributed by atoms with Crippen LogP contribution in [0.25, 0.3) is 6.08 Å². The summed E-state index contributed by atoms with van der Waals surface area (Å²) in [6.45, 7) is 4.22. The molecular weight excluding hydrogens is 430 g/mol. The fourth-order valence-corrected chi connectivity index (χ4v) is 2.92. The number of benzene rings is 2. The summed E-state index contributed by atoms with van der Waals surface area (Å²) in [7, 11) is 0. The highest BCUT2D eigenvalue weighted by Gasteiger charge is 2.23. The maximum Gasteiger partial charge on any atom is 0.513 e. The van der Waals surface area contributed by atoms with Crippen molar-refractivity contribution in [2.45, 2.75) is 20.3 Å². The number of nitro benzene ring substituents is 1. The Hall–Kier alpha value is -4.39. The highest BCUT2D eigenvalue weighted by molar-refractivity contribution is 6.01. The molecule has 0 spiro atoms. The lowest BCUT2D eigenvalue weighted by Crippen LogP contribution is -2.31. The molecule has 0 aromatic heterocycles. The maximum absolute atomic E-state index is 12.5. The van der Waals surface area contributed by atoms with Crippen LogP contribution in [-0.4, -0.2) is 46.7 Å². The smallest absolute Gasteiger partial charge is 0.499 e. The minimum absolute atomic E-state index is 0.0117. The number of rotatable bonds is 9. The summed E-state index contributed by atoms with van der Waals surface area (Å²) in [5.74, 6) is -1.97. The third kappa shape index (κ3) is 6.80. The molecular formula is C23H23N3O7. The quantitative estimate of drug-likeness (QED) is 0.151. The van der Waals surface area contributed by atoms with Crippen LogP contribution in [0, 0.1) is 21.4 Å². The van der Waals surface area contributed by atoms with Crippen molar-refractivity contribution in [2.24, 2.45) is 0 Å². The normalized spacial score (nSPS) is 10.8. The minimum Gasteiger partial charge on any atom is -0.499 e. The Labute approximate surface area is 190 Å². The number of nitriles is 1. The standard InChI is InChI=1S/C23H23N3O7/c1-3-25(4-2)22(28)18(15-24)12-17-13-19(26(30)31)21(27)20(14-17)33-23(29)32-11-10-16-8-6-5-7-9-16/h5-9,12-14,27H,3-4,10-11H2,1-2H3. The molecule has 10 nitrogen and oxygen atoms in total. The fourth-order valence-electron chi connectivity index (χ4n) is 2.92. The van der Waals surface area contributed by atoms with Crippen molar-refractivity contribution in [1.29, 1.82) is 5.26 Å². The van der Waals surface area contributed by atoms with E-state index < -0.39 is 34.2 Å². The summed E-state index contributed by atoms with van der Waals surface area (Å²) in [5, 5.41) is 30.9. The average Bonchev–Trinajstić information content (AvgIpc) is 2.80. The molecule has 1 amide bonds. The third-order valence-corrected chi connectivity index (χ3v) is 4.63. The van der Waals surface area contributed by atoms with E-state index in [2.05, 4.69) is 0 Å². The van der Waals surface area contributed by atoms with Crippen LogP contribution in [0.2, 0.25) is 0 Å². The highest BCUT2D eigenvalue weighted by Crippen LogP contribution is 2.38. The molecule has 0 saturated heterocycles. The number of hydrogen-bond acceptors (Lipinski definition) is 8. The van der Waals surface area contributed by atoms with Gasteiger partial charge in [-0.25, -0.2) is 4.79 Å². The first-order chi connectivity index (χ1) is 15.8. The van der Waals surface area contributed by atoms with E-state index in [4.69, 9.17) is 9.47 Å². The molecule has 0 saturated carbocycles. The number of carbonyl (C=O) groups is 2. The van der Waals surface area contributed by atoms with E-state index in [1.54, 1.807) is 19.9 Å². The lowest BCUT2D eigenvalue weighted by molar-refractivity contribution is -0.385. The Kier molecular flexibility index (Phi) is 8.94. The molecule has 0 aliphatic heterocycles. The van der Waals surface area contributed by atoms with E-state index >= 15 is 0 Å². The Morgan fingerprint density at radius 2 is 1.88 bits per heavy atom. The number of nitro groups is 1. The first-order valence-electron chi connectivity index (χ1n) is 10.1. The second-order valence-corrected chi connectivity index (χ2v) is 6.73. The monoisotopic (exact) mass is 453 g/mol. The highest BCUT2D eigenvalue weighted by atomic mass is 16.7. The van der Waals surface area contributed by atoms with Gasteiger partial charge in [-0.05, 0) is 37.1 Å². The maximum atomic E-state index is 12.5. The van der Waals surface area contributed by atoms with Gasteiger partial charge in [0.15, 0.2) is 5.75 Å². The van der Waals surface area contributed by atoms with Crippen LogP contribution in [0.5, 0.6) is 11.5 Å². The predicted molar refractivity (Wildman–Crippen MR) is 118 cm³/mol. The number of nitrogens with zero attached hydrogens (tertiary/aromatic N) is 3. The lowest BCUT2D eigenvalue weighted by Gasteiger charge is -2.17. The SMILES string of the molecule is CCN(CC)C(=O)C(C#N)=Cc1cc(OC(=O)OCCc2ccccc2)c(O)c([N+](=O)[O-])c1. The number of amides is 1. The van der Waals surface area contributed by atoms with E-state index in [-0.39, 0.29) is 17.7 Å². The van der Waals surface area contributed by atoms with Crippen LogP contribution in [0.4, 0.5) is 10.5 Å². The summed E-state index contributed by atoms with van der Waals surface area (Å²) >= 11 is 0. The minimum atomic E-state index is -1.17. The molecule has 0 unspecified atom stereocenters. The van der Waals surface area contributed by atoms with Gasteiger partial charge >= 0.3 is 11.8 Å². The van der Waals surface area contributed by atoms with Gasteiger partial charge in [0, 0.05) is 25.6 Å². The summed E-state index contributed by atoms with van der Waals surface area (Å²) in [6, 6.07) is 13.1. The van der Waals surface area contributed by atoms with Crippen LogP contribution >= 0.6 is 0 Å². The van der Waals surface area contributed by atoms with Crippen molar-refractivity contribution in [3.05, 3.63) is 69.3 Å². The molecule has 0 aliphatic rings. The number of ether oxygens (including phenoxy) is 2. The van der Waals surface area contributed by atoms with Crippen molar-refractivity contribution in [3.8, 4) is 17.6 Å². The van der Waals surface area contributed by atoms with Gasteiger partial charge in [0.05, 0.1) is 11.5 Å². The van der Waals surface area contributed by atoms with Crippen LogP contribution in [-0.2, 0) is 16.0 Å². The zero-order chi connectivity index (χ0) is 24.4. The zero-order valence-electron chi connectivity index (χ0n) is 18.2. The van der Waals surface area contributed by atoms with Crippen LogP contribution in [0.15, 0.2) is 48.0 Å². The molecule has 0 atom stereocenters. The van der Waals surface area contributed by atoms with E-state index in [9.17, 15) is 30.1 Å². The number of hydrogen-bond donors (Lipinski definition) is 1. The van der Waals surface area contributed by atoms with Gasteiger partial charge in [0.25, 0.3) is 5.91 Å². The van der Waals surface area contributed by atoms with Gasteiger partial charge in [-0.3, -0.25) is 14.9 Å². The van der Waals surface area contributed by atoms with Crippen LogP contribution in [0.3, 0.4) is 0 Å². The molecule has 1 N–H and O–H groups in total. The zero-order valence-corrected chi connectivity index (χ0v) is 18.2. The Bertz CT molecular complexity index is 1090. The third-order valence-electron chi connectivity index (χ3n) is 4.63. The van der Waals surface area contributed by atoms with Crippen molar-refractivity contribution in [3.63, 3.8) is 0 Å². The van der Waals surface area contributed by atoms with E-state index in [1.165, 1.54) is 4.90 Å². The summed E-state index contributed by atoms with van der Waals surface area (Å²) in [4.78, 5) is 36.4. The van der Waals surface area contributed by atoms with Crippen molar-refractivity contribution >= 4 is 23.8 Å². The molecule has 2 aromatic rings. The van der Waals surface area contributed by atoms with Gasteiger partial charge in [-0.15, -0.1) is 0 Å². The van der Waals surface area contributed by atoms with Crippen molar-refractivity contribution < 1.29 is 29.1 Å². The molecule has 172 valence electrons. The van der Waals surface area contributed by atoms with Gasteiger partial charge < -0.3 is 19.5 Å². The van der Waals surface area contributed by atoms with Gasteiger partial charge in [0.2, 0.25) is 5.75 Å². The molecule has 0 fully saturated rings. The van der Waals surface area contributed by atoms with Crippen molar-refractivity contribution in [2.75, 3.05) is 19.7 Å². The Balaban J connectivity index is 2.26. The van der Waals surface area contributed by atoms with Crippen LogP contribution in [0.1, 0.15) is 25.0 Å². The second kappa shape index (κ2) is 11.9. The number of likely N-dealkylation sites (N-methyl/N-ethyl adjacent to an activating group) is 1. The van der Waals surface area contributed by atoms with E-state index in [0.29, 0.717) is 19.5 Å². The number of carbonyl (C=O) groups excluding carboxylic acids is 2. The largest absolute Gasteiger partial charge is 0.513 e. The summed E-state index contributed by atoms with van der Waals surface area (Å²) < 4.78 is 9.93. The van der Waals surface area contributed by atoms with Gasteiger partial charge in [-0.1, -0.05) is 30.3 Å². The molecule has 2 rings (SSSR count). The number of aromatic hydroxyl groups is 1. The molecule has 0 bridgehead atoms. The Morgan fingerprint density at radius 3 is 2.45 bits per heavy atom. The van der Waals surface area contributed by atoms with Crippen molar-refractivity contribution in [1.82, 2.24) is 4.90 Å². The summed E-state index contributed by atoms with van der Waals surface area (Å²) in [6.07, 6.45) is 0.376. The average molecular weight is 453 g/mol. The lowest BCUT2D eigenvalue weighted by atomic mass is 10.1. The second-order valence-electron chi connectivity index (χ2n) is 6.73. The van der Waals surface area contributed by atoms with Crippen LogP contribution < -0.4 is 4.74 Å². The first-order valence-corrected chi connectivity index (χ1v) is 10.1. The molecule has 0 heterocycles. The molecule has 33 heavy (non-hydrogen) atoms. The molecule has 0 aliphatic carbocycles. The predicted octanol–water partition coefficient (Wildman–Crippen LogP) is 3.83. The topological polar surface area (TPSA) is 143 Å².